The predicted octanol–water partition coefficient (Wildman–Crippen LogP) is 5.14. The molecule has 0 spiro atoms. The quantitative estimate of drug-likeness (QED) is 0.337. The zero-order valence-electron chi connectivity index (χ0n) is 20.8. The van der Waals surface area contributed by atoms with Crippen molar-refractivity contribution >= 4 is 35.0 Å². The van der Waals surface area contributed by atoms with Gasteiger partial charge < -0.3 is 15.7 Å². The second-order valence-electron chi connectivity index (χ2n) is 9.52. The number of nitrogens with two attached hydrogens (primary N) is 1. The van der Waals surface area contributed by atoms with Gasteiger partial charge in [0, 0.05) is 29.2 Å². The Bertz CT molecular complexity index is 1550. The number of primary amides is 1. The van der Waals surface area contributed by atoms with Crippen molar-refractivity contribution in [2.24, 2.45) is 5.73 Å². The van der Waals surface area contributed by atoms with E-state index >= 15 is 0 Å². The molecule has 7 nitrogen and oxygen atoms in total. The van der Waals surface area contributed by atoms with Gasteiger partial charge in [-0.1, -0.05) is 59.6 Å². The molecular weight excluding hydrogens is 542 g/mol. The number of benzene rings is 3. The predicted molar refractivity (Wildman–Crippen MR) is 147 cm³/mol. The second kappa shape index (κ2) is 10.8. The molecule has 3 aromatic carbocycles. The molecule has 0 radical (unpaired) electrons. The lowest BCUT2D eigenvalue weighted by Gasteiger charge is -2.38. The van der Waals surface area contributed by atoms with Crippen LogP contribution in [0.15, 0.2) is 72.8 Å². The number of amides is 2. The van der Waals surface area contributed by atoms with Crippen LogP contribution in [0.5, 0.6) is 0 Å². The van der Waals surface area contributed by atoms with Gasteiger partial charge in [-0.2, -0.15) is 5.10 Å². The number of halogens is 3. The molecule has 2 heterocycles. The minimum Gasteiger partial charge on any atom is -0.385 e. The van der Waals surface area contributed by atoms with E-state index in [1.165, 1.54) is 12.1 Å². The highest BCUT2D eigenvalue weighted by Crippen LogP contribution is 2.36. The third-order valence-corrected chi connectivity index (χ3v) is 7.55. The van der Waals surface area contributed by atoms with E-state index in [0.29, 0.717) is 38.1 Å². The van der Waals surface area contributed by atoms with Crippen molar-refractivity contribution in [2.45, 2.75) is 24.9 Å². The van der Waals surface area contributed by atoms with E-state index in [1.54, 1.807) is 70.2 Å². The van der Waals surface area contributed by atoms with Gasteiger partial charge in [0.2, 0.25) is 5.91 Å². The molecular formula is C29H25Cl2FN4O3. The fraction of sp³-hybridized carbons (Fsp3) is 0.207. The average Bonchev–Trinajstić information content (AvgIpc) is 3.27. The number of piperidine rings is 1. The van der Waals surface area contributed by atoms with E-state index in [2.05, 4.69) is 5.10 Å². The molecule has 10 heteroatoms. The van der Waals surface area contributed by atoms with Gasteiger partial charge in [-0.05, 0) is 54.8 Å². The lowest BCUT2D eigenvalue weighted by atomic mass is 9.84. The van der Waals surface area contributed by atoms with Crippen LogP contribution in [-0.2, 0) is 16.8 Å². The van der Waals surface area contributed by atoms with E-state index in [0.717, 1.165) is 0 Å². The van der Waals surface area contributed by atoms with Crippen LogP contribution in [0, 0.1) is 5.82 Å². The molecule has 5 rings (SSSR count). The first-order valence-electron chi connectivity index (χ1n) is 12.3. The first kappa shape index (κ1) is 26.9. The van der Waals surface area contributed by atoms with Gasteiger partial charge in [0.15, 0.2) is 5.69 Å². The highest BCUT2D eigenvalue weighted by molar-refractivity contribution is 6.32. The van der Waals surface area contributed by atoms with Crippen LogP contribution in [0.3, 0.4) is 0 Å². The van der Waals surface area contributed by atoms with E-state index < -0.39 is 23.2 Å². The van der Waals surface area contributed by atoms with Crippen molar-refractivity contribution in [3.63, 3.8) is 0 Å². The van der Waals surface area contributed by atoms with Crippen molar-refractivity contribution in [3.05, 3.63) is 105 Å². The summed E-state index contributed by atoms with van der Waals surface area (Å²) in [4.78, 5) is 27.6. The molecule has 39 heavy (non-hydrogen) atoms. The third kappa shape index (κ3) is 5.41. The molecule has 0 saturated carbocycles. The van der Waals surface area contributed by atoms with Crippen molar-refractivity contribution in [2.75, 3.05) is 13.1 Å². The molecule has 0 atom stereocenters. The van der Waals surface area contributed by atoms with Crippen molar-refractivity contribution in [1.82, 2.24) is 14.7 Å². The molecule has 1 aromatic heterocycles. The van der Waals surface area contributed by atoms with E-state index in [1.807, 2.05) is 0 Å². The fourth-order valence-corrected chi connectivity index (χ4v) is 5.30. The number of rotatable bonds is 6. The van der Waals surface area contributed by atoms with Gasteiger partial charge in [-0.3, -0.25) is 9.59 Å². The van der Waals surface area contributed by atoms with Crippen LogP contribution < -0.4 is 5.73 Å². The maximum absolute atomic E-state index is 13.9. The molecule has 1 aliphatic rings. The van der Waals surface area contributed by atoms with Gasteiger partial charge in [-0.15, -0.1) is 0 Å². The van der Waals surface area contributed by atoms with Crippen molar-refractivity contribution in [1.29, 1.82) is 0 Å². The summed E-state index contributed by atoms with van der Waals surface area (Å²) in [5, 5.41) is 16.8. The first-order valence-corrected chi connectivity index (χ1v) is 13.1. The van der Waals surface area contributed by atoms with E-state index in [-0.39, 0.29) is 38.0 Å². The molecule has 4 aromatic rings. The Kier molecular flexibility index (Phi) is 7.44. The summed E-state index contributed by atoms with van der Waals surface area (Å²) in [5.74, 6) is -1.47. The molecule has 1 saturated heterocycles. The molecule has 0 aliphatic carbocycles. The fourth-order valence-electron chi connectivity index (χ4n) is 4.96. The van der Waals surface area contributed by atoms with E-state index in [4.69, 9.17) is 28.9 Å². The topological polar surface area (TPSA) is 101 Å². The molecule has 0 unspecified atom stereocenters. The molecule has 1 fully saturated rings. The van der Waals surface area contributed by atoms with Crippen molar-refractivity contribution in [3.8, 4) is 16.9 Å². The standard InChI is InChI=1S/C29H25Cl2FN4O3/c30-20-10-8-18(9-11-20)27-22(17-25(33)37)26(34-36(27)24-7-2-1-6-23(24)31)28(38)35-14-12-29(39,13-15-35)19-4-3-5-21(32)16-19/h1-11,16,39H,12-15,17H2,(H2,33,37). The lowest BCUT2D eigenvalue weighted by Crippen LogP contribution is -2.45. The maximum Gasteiger partial charge on any atom is 0.274 e. The number of aliphatic hydroxyl groups is 1. The Morgan fingerprint density at radius 3 is 2.33 bits per heavy atom. The molecule has 1 aliphatic heterocycles. The summed E-state index contributed by atoms with van der Waals surface area (Å²) in [6.07, 6.45) is 0.190. The molecule has 3 N–H and O–H groups in total. The Morgan fingerprint density at radius 1 is 1.00 bits per heavy atom. The summed E-state index contributed by atoms with van der Waals surface area (Å²) in [6.45, 7) is 0.411. The van der Waals surface area contributed by atoms with Gasteiger partial charge in [0.25, 0.3) is 5.91 Å². The highest BCUT2D eigenvalue weighted by atomic mass is 35.5. The number of hydrogen-bond acceptors (Lipinski definition) is 4. The lowest BCUT2D eigenvalue weighted by molar-refractivity contribution is -0.117. The van der Waals surface area contributed by atoms with Gasteiger partial charge >= 0.3 is 0 Å². The van der Waals surface area contributed by atoms with Crippen LogP contribution in [0.25, 0.3) is 16.9 Å². The summed E-state index contributed by atoms with van der Waals surface area (Å²) < 4.78 is 15.3. The summed E-state index contributed by atoms with van der Waals surface area (Å²) in [7, 11) is 0. The monoisotopic (exact) mass is 566 g/mol. The number of likely N-dealkylation sites (tertiary alicyclic amines) is 1. The Balaban J connectivity index is 1.56. The van der Waals surface area contributed by atoms with Crippen LogP contribution in [0.1, 0.15) is 34.5 Å². The van der Waals surface area contributed by atoms with Gasteiger partial charge in [0.1, 0.15) is 5.82 Å². The molecule has 0 bridgehead atoms. The number of hydrogen-bond donors (Lipinski definition) is 2. The molecule has 200 valence electrons. The van der Waals surface area contributed by atoms with Gasteiger partial charge in [-0.25, -0.2) is 9.07 Å². The van der Waals surface area contributed by atoms with Crippen molar-refractivity contribution < 1.29 is 19.1 Å². The summed E-state index contributed by atoms with van der Waals surface area (Å²) in [5.41, 5.74) is 6.94. The molecule has 2 amide bonds. The largest absolute Gasteiger partial charge is 0.385 e. The van der Waals surface area contributed by atoms with Crippen LogP contribution >= 0.6 is 23.2 Å². The minimum absolute atomic E-state index is 0.0647. The third-order valence-electron chi connectivity index (χ3n) is 6.98. The Hall–Kier alpha value is -3.72. The first-order chi connectivity index (χ1) is 18.7. The SMILES string of the molecule is NC(=O)Cc1c(C(=O)N2CCC(O)(c3cccc(F)c3)CC2)nn(-c2ccccc2Cl)c1-c1ccc(Cl)cc1. The van der Waals surface area contributed by atoms with Crippen LogP contribution in [-0.4, -0.2) is 44.7 Å². The maximum atomic E-state index is 13.9. The van der Waals surface area contributed by atoms with E-state index in [9.17, 15) is 19.1 Å². The van der Waals surface area contributed by atoms with Gasteiger partial charge in [0.05, 0.1) is 28.4 Å². The average molecular weight is 567 g/mol. The van der Waals surface area contributed by atoms with Crippen LogP contribution in [0.2, 0.25) is 10.0 Å². The highest BCUT2D eigenvalue weighted by Gasteiger charge is 2.38. The number of nitrogens with zero attached hydrogens (tertiary/aromatic N) is 3. The normalized spacial score (nSPS) is 14.8. The number of para-hydroxylation sites is 1. The van der Waals surface area contributed by atoms with Crippen LogP contribution in [0.4, 0.5) is 4.39 Å². The second-order valence-corrected chi connectivity index (χ2v) is 10.4. The minimum atomic E-state index is -1.26. The summed E-state index contributed by atoms with van der Waals surface area (Å²) in [6, 6.07) is 19.8. The summed E-state index contributed by atoms with van der Waals surface area (Å²) >= 11 is 12.6. The zero-order valence-corrected chi connectivity index (χ0v) is 22.3. The number of aromatic nitrogens is 2. The smallest absolute Gasteiger partial charge is 0.274 e. The number of carbonyl (C=O) groups excluding carboxylic acids is 2. The zero-order chi connectivity index (χ0) is 27.7. The Morgan fingerprint density at radius 2 is 1.69 bits per heavy atom. The number of carbonyl (C=O) groups is 2. The Labute approximate surface area is 234 Å².